The molecule has 2 aromatic heterocycles. The van der Waals surface area contributed by atoms with E-state index in [4.69, 9.17) is 5.10 Å². The minimum Gasteiger partial charge on any atom is -0.359 e. The van der Waals surface area contributed by atoms with Crippen LogP contribution in [0.15, 0.2) is 85.1 Å². The van der Waals surface area contributed by atoms with Gasteiger partial charge in [0, 0.05) is 32.0 Å². The highest BCUT2D eigenvalue weighted by atomic mass is 16.1. The molecule has 2 heterocycles. The molecule has 0 fully saturated rings. The zero-order chi connectivity index (χ0) is 28.8. The first-order valence-corrected chi connectivity index (χ1v) is 14.2. The van der Waals surface area contributed by atoms with Crippen molar-refractivity contribution >= 4 is 5.91 Å². The van der Waals surface area contributed by atoms with Crippen LogP contribution >= 0.6 is 0 Å². The lowest BCUT2D eigenvalue weighted by Crippen LogP contribution is -2.22. The number of rotatable bonds is 11. The molecule has 1 N–H and O–H groups in total. The van der Waals surface area contributed by atoms with Crippen LogP contribution in [0.1, 0.15) is 37.2 Å². The molecule has 210 valence electrons. The summed E-state index contributed by atoms with van der Waals surface area (Å²) < 4.78 is 3.77. The lowest BCUT2D eigenvalue weighted by atomic mass is 10.0. The molecule has 0 aliphatic carbocycles. The van der Waals surface area contributed by atoms with Gasteiger partial charge in [-0.1, -0.05) is 73.2 Å². The highest BCUT2D eigenvalue weighted by molar-refractivity contribution is 5.76. The van der Waals surface area contributed by atoms with Gasteiger partial charge in [-0.3, -0.25) is 9.69 Å². The summed E-state index contributed by atoms with van der Waals surface area (Å²) >= 11 is 0. The van der Waals surface area contributed by atoms with Gasteiger partial charge in [-0.15, -0.1) is 5.10 Å². The van der Waals surface area contributed by atoms with Gasteiger partial charge < -0.3 is 5.32 Å². The van der Waals surface area contributed by atoms with Crippen LogP contribution in [0.25, 0.3) is 33.8 Å². The van der Waals surface area contributed by atoms with Crippen LogP contribution in [-0.2, 0) is 17.8 Å². The van der Waals surface area contributed by atoms with E-state index in [1.54, 1.807) is 7.05 Å². The lowest BCUT2D eigenvalue weighted by Gasteiger charge is -2.15. The average molecular weight is 548 g/mol. The summed E-state index contributed by atoms with van der Waals surface area (Å²) in [4.78, 5) is 14.2. The largest absolute Gasteiger partial charge is 0.359 e. The molecular weight excluding hydrogens is 510 g/mol. The van der Waals surface area contributed by atoms with E-state index in [0.717, 1.165) is 59.2 Å². The summed E-state index contributed by atoms with van der Waals surface area (Å²) in [7, 11) is 1.66. The molecule has 5 aromatic rings. The van der Waals surface area contributed by atoms with E-state index in [0.29, 0.717) is 12.8 Å². The number of benzene rings is 3. The number of hydrogen-bond acceptors (Lipinski definition) is 5. The van der Waals surface area contributed by atoms with Gasteiger partial charge in [0.05, 0.1) is 34.7 Å². The van der Waals surface area contributed by atoms with Crippen molar-refractivity contribution in [3.63, 3.8) is 0 Å². The van der Waals surface area contributed by atoms with Gasteiger partial charge in [0.25, 0.3) is 0 Å². The number of aromatic nitrogens is 5. The Morgan fingerprint density at radius 3 is 2.07 bits per heavy atom. The van der Waals surface area contributed by atoms with Crippen molar-refractivity contribution in [2.75, 3.05) is 20.1 Å². The number of aryl methyl sites for hydroxylation is 2. The molecule has 0 unspecified atom stereocenters. The molecule has 0 aliphatic heterocycles. The zero-order valence-corrected chi connectivity index (χ0v) is 24.2. The van der Waals surface area contributed by atoms with Crippen LogP contribution in [0.5, 0.6) is 0 Å². The second kappa shape index (κ2) is 12.7. The van der Waals surface area contributed by atoms with Gasteiger partial charge in [-0.2, -0.15) is 5.10 Å². The summed E-state index contributed by atoms with van der Waals surface area (Å²) in [5.41, 5.74) is 9.30. The molecule has 0 bridgehead atoms. The molecule has 0 saturated heterocycles. The number of amides is 1. The summed E-state index contributed by atoms with van der Waals surface area (Å²) in [6, 6.07) is 27.3. The van der Waals surface area contributed by atoms with Gasteiger partial charge in [-0.25, -0.2) is 9.36 Å². The van der Waals surface area contributed by atoms with E-state index in [1.807, 2.05) is 39.8 Å². The van der Waals surface area contributed by atoms with Gasteiger partial charge in [0.2, 0.25) is 5.91 Å². The first-order chi connectivity index (χ1) is 20.0. The number of nitrogens with zero attached hydrogens (tertiary/aromatic N) is 6. The summed E-state index contributed by atoms with van der Waals surface area (Å²) in [5, 5.41) is 16.3. The maximum Gasteiger partial charge on any atom is 0.220 e. The quantitative estimate of drug-likeness (QED) is 0.232. The van der Waals surface area contributed by atoms with Crippen molar-refractivity contribution in [3.05, 3.63) is 102 Å². The van der Waals surface area contributed by atoms with Gasteiger partial charge in [0.15, 0.2) is 0 Å². The monoisotopic (exact) mass is 547 g/mol. The third-order valence-electron chi connectivity index (χ3n) is 7.39. The molecular formula is C33H37N7O. The van der Waals surface area contributed by atoms with Crippen LogP contribution in [0.4, 0.5) is 0 Å². The Morgan fingerprint density at radius 1 is 0.829 bits per heavy atom. The highest BCUT2D eigenvalue weighted by Gasteiger charge is 2.14. The van der Waals surface area contributed by atoms with E-state index >= 15 is 0 Å². The Bertz CT molecular complexity index is 1580. The predicted octanol–water partition coefficient (Wildman–Crippen LogP) is 5.62. The molecule has 0 radical (unpaired) electrons. The van der Waals surface area contributed by atoms with Crippen LogP contribution in [0, 0.1) is 6.92 Å². The summed E-state index contributed by atoms with van der Waals surface area (Å²) in [5.74, 6) is 0.00102. The molecule has 0 saturated carbocycles. The van der Waals surface area contributed by atoms with E-state index < -0.39 is 0 Å². The summed E-state index contributed by atoms with van der Waals surface area (Å²) in [6.45, 7) is 9.13. The van der Waals surface area contributed by atoms with Gasteiger partial charge in [-0.05, 0) is 61.5 Å². The molecule has 0 aliphatic rings. The molecule has 8 heteroatoms. The average Bonchev–Trinajstić information content (AvgIpc) is 3.67. The SMILES string of the molecule is CCN(CC)Cc1cn(-c2ccc(-n3nc(CCC(=O)NC)cc3-c3ccc(-c4ccc(C)cc4)cc3)cc2)nn1. The fourth-order valence-electron chi connectivity index (χ4n) is 4.82. The van der Waals surface area contributed by atoms with E-state index in [1.165, 1.54) is 11.1 Å². The van der Waals surface area contributed by atoms with E-state index in [-0.39, 0.29) is 5.91 Å². The third-order valence-corrected chi connectivity index (χ3v) is 7.39. The molecule has 5 rings (SSSR count). The Hall–Kier alpha value is -4.56. The maximum absolute atomic E-state index is 11.9. The molecule has 0 atom stereocenters. The van der Waals surface area contributed by atoms with Gasteiger partial charge in [0.1, 0.15) is 0 Å². The van der Waals surface area contributed by atoms with E-state index in [2.05, 4.69) is 95.9 Å². The number of hydrogen-bond donors (Lipinski definition) is 1. The standard InChI is InChI=1S/C33H37N7O/c1-5-38(6-2)22-29-23-39(37-35-29)30-16-18-31(19-17-30)40-32(21-28(36-40)15-20-33(41)34-4)27-13-11-26(12-14-27)25-9-7-24(3)8-10-25/h7-14,16-19,21,23H,5-6,15,20,22H2,1-4H3,(H,34,41). The molecule has 41 heavy (non-hydrogen) atoms. The fourth-order valence-corrected chi connectivity index (χ4v) is 4.82. The Morgan fingerprint density at radius 2 is 1.44 bits per heavy atom. The zero-order valence-electron chi connectivity index (χ0n) is 24.2. The lowest BCUT2D eigenvalue weighted by molar-refractivity contribution is -0.120. The topological polar surface area (TPSA) is 80.9 Å². The number of carbonyl (C=O) groups excluding carboxylic acids is 1. The van der Waals surface area contributed by atoms with Crippen molar-refractivity contribution in [3.8, 4) is 33.8 Å². The second-order valence-corrected chi connectivity index (χ2v) is 10.2. The molecule has 1 amide bonds. The maximum atomic E-state index is 11.9. The van der Waals surface area contributed by atoms with Crippen molar-refractivity contribution in [1.82, 2.24) is 35.0 Å². The molecule has 8 nitrogen and oxygen atoms in total. The minimum atomic E-state index is 0.00102. The van der Waals surface area contributed by atoms with Crippen LogP contribution < -0.4 is 5.32 Å². The van der Waals surface area contributed by atoms with Crippen LogP contribution in [0.3, 0.4) is 0 Å². The Kier molecular flexibility index (Phi) is 8.70. The fraction of sp³-hybridized carbons (Fsp3) is 0.273. The molecule has 0 spiro atoms. The Labute approximate surface area is 241 Å². The minimum absolute atomic E-state index is 0.00102. The van der Waals surface area contributed by atoms with Crippen molar-refractivity contribution in [2.24, 2.45) is 0 Å². The van der Waals surface area contributed by atoms with Crippen molar-refractivity contribution in [1.29, 1.82) is 0 Å². The predicted molar refractivity (Wildman–Crippen MR) is 163 cm³/mol. The first kappa shape index (κ1) is 28.0. The number of carbonyl (C=O) groups is 1. The van der Waals surface area contributed by atoms with Crippen LogP contribution in [0.2, 0.25) is 0 Å². The van der Waals surface area contributed by atoms with E-state index in [9.17, 15) is 4.79 Å². The van der Waals surface area contributed by atoms with Gasteiger partial charge >= 0.3 is 0 Å². The highest BCUT2D eigenvalue weighted by Crippen LogP contribution is 2.28. The first-order valence-electron chi connectivity index (χ1n) is 14.2. The van der Waals surface area contributed by atoms with Crippen molar-refractivity contribution < 1.29 is 4.79 Å². The smallest absolute Gasteiger partial charge is 0.220 e. The molecule has 3 aromatic carbocycles. The Balaban J connectivity index is 1.43. The number of nitrogens with one attached hydrogen (secondary N) is 1. The second-order valence-electron chi connectivity index (χ2n) is 10.2. The van der Waals surface area contributed by atoms with Crippen LogP contribution in [-0.4, -0.2) is 55.7 Å². The third kappa shape index (κ3) is 6.61. The summed E-state index contributed by atoms with van der Waals surface area (Å²) in [6.07, 6.45) is 2.94. The van der Waals surface area contributed by atoms with Crippen molar-refractivity contribution in [2.45, 2.75) is 40.2 Å². The normalized spacial score (nSPS) is 11.2.